The maximum Gasteiger partial charge on any atom is 0.250 e. The molecule has 0 aliphatic carbocycles. The Morgan fingerprint density at radius 3 is 2.74 bits per heavy atom. The predicted molar refractivity (Wildman–Crippen MR) is 92.4 cm³/mol. The van der Waals surface area contributed by atoms with E-state index in [1.165, 1.54) is 18.1 Å². The van der Waals surface area contributed by atoms with Crippen molar-refractivity contribution in [3.63, 3.8) is 0 Å². The van der Waals surface area contributed by atoms with Gasteiger partial charge in [-0.05, 0) is 11.6 Å². The molecule has 0 aliphatic rings. The second-order valence-corrected chi connectivity index (χ2v) is 5.65. The Hall–Kier alpha value is -2.73. The molecule has 2 aromatic carbocycles. The molecule has 0 bridgehead atoms. The SMILES string of the molecule is O=C(CSc1ncnc2ccccc12)NN=Cc1ccccc1. The van der Waals surface area contributed by atoms with Gasteiger partial charge in [0.15, 0.2) is 0 Å². The predicted octanol–water partition coefficient (Wildman–Crippen LogP) is 2.87. The molecule has 0 saturated heterocycles. The van der Waals surface area contributed by atoms with E-state index >= 15 is 0 Å². The van der Waals surface area contributed by atoms with E-state index in [1.807, 2.05) is 54.6 Å². The molecule has 0 spiro atoms. The maximum atomic E-state index is 11.9. The van der Waals surface area contributed by atoms with E-state index in [1.54, 1.807) is 6.21 Å². The fourth-order valence-corrected chi connectivity index (χ4v) is 2.76. The summed E-state index contributed by atoms with van der Waals surface area (Å²) < 4.78 is 0. The minimum Gasteiger partial charge on any atom is -0.272 e. The summed E-state index contributed by atoms with van der Waals surface area (Å²) in [6.07, 6.45) is 3.12. The Kier molecular flexibility index (Phi) is 4.95. The Bertz CT molecular complexity index is 831. The Labute approximate surface area is 137 Å². The Balaban J connectivity index is 1.57. The van der Waals surface area contributed by atoms with Crippen LogP contribution < -0.4 is 5.43 Å². The lowest BCUT2D eigenvalue weighted by molar-refractivity contribution is -0.118. The second kappa shape index (κ2) is 7.51. The van der Waals surface area contributed by atoms with Gasteiger partial charge in [-0.15, -0.1) is 0 Å². The maximum absolute atomic E-state index is 11.9. The van der Waals surface area contributed by atoms with E-state index in [2.05, 4.69) is 20.5 Å². The van der Waals surface area contributed by atoms with Crippen LogP contribution in [0.1, 0.15) is 5.56 Å². The number of rotatable bonds is 5. The van der Waals surface area contributed by atoms with Gasteiger partial charge in [0.1, 0.15) is 11.4 Å². The van der Waals surface area contributed by atoms with Gasteiger partial charge in [-0.2, -0.15) is 5.10 Å². The molecule has 5 nitrogen and oxygen atoms in total. The fourth-order valence-electron chi connectivity index (χ4n) is 1.98. The molecule has 1 amide bonds. The third kappa shape index (κ3) is 4.14. The van der Waals surface area contributed by atoms with Crippen LogP contribution in [0.2, 0.25) is 0 Å². The van der Waals surface area contributed by atoms with E-state index in [0.717, 1.165) is 21.5 Å². The third-order valence-corrected chi connectivity index (χ3v) is 4.05. The molecule has 0 radical (unpaired) electrons. The number of amides is 1. The normalized spacial score (nSPS) is 11.0. The number of aromatic nitrogens is 2. The van der Waals surface area contributed by atoms with Gasteiger partial charge in [0.05, 0.1) is 17.5 Å². The van der Waals surface area contributed by atoms with Crippen LogP contribution >= 0.6 is 11.8 Å². The summed E-state index contributed by atoms with van der Waals surface area (Å²) in [5, 5.41) is 5.68. The number of hydrazone groups is 1. The molecular formula is C17H14N4OS. The number of benzene rings is 2. The van der Waals surface area contributed by atoms with Crippen molar-refractivity contribution in [2.45, 2.75) is 5.03 Å². The highest BCUT2D eigenvalue weighted by atomic mass is 32.2. The molecule has 23 heavy (non-hydrogen) atoms. The van der Waals surface area contributed by atoms with Crippen molar-refractivity contribution in [1.82, 2.24) is 15.4 Å². The van der Waals surface area contributed by atoms with Crippen molar-refractivity contribution in [2.75, 3.05) is 5.75 Å². The van der Waals surface area contributed by atoms with Gasteiger partial charge < -0.3 is 0 Å². The van der Waals surface area contributed by atoms with Crippen molar-refractivity contribution >= 4 is 34.8 Å². The van der Waals surface area contributed by atoms with Gasteiger partial charge in [0, 0.05) is 5.39 Å². The number of para-hydroxylation sites is 1. The zero-order valence-corrected chi connectivity index (χ0v) is 13.0. The first-order valence-electron chi connectivity index (χ1n) is 7.02. The number of carbonyl (C=O) groups is 1. The molecule has 1 aromatic heterocycles. The number of hydrogen-bond donors (Lipinski definition) is 1. The molecule has 0 atom stereocenters. The molecule has 0 unspecified atom stereocenters. The number of thioether (sulfide) groups is 1. The van der Waals surface area contributed by atoms with Gasteiger partial charge in [0.2, 0.25) is 5.91 Å². The van der Waals surface area contributed by atoms with Crippen LogP contribution in [0.25, 0.3) is 10.9 Å². The van der Waals surface area contributed by atoms with Gasteiger partial charge in [-0.1, -0.05) is 60.3 Å². The highest BCUT2D eigenvalue weighted by Crippen LogP contribution is 2.23. The van der Waals surface area contributed by atoms with E-state index in [0.29, 0.717) is 0 Å². The average molecular weight is 322 g/mol. The number of fused-ring (bicyclic) bond motifs is 1. The quantitative estimate of drug-likeness (QED) is 0.339. The number of nitrogens with zero attached hydrogens (tertiary/aromatic N) is 3. The molecule has 6 heteroatoms. The Morgan fingerprint density at radius 1 is 1.09 bits per heavy atom. The topological polar surface area (TPSA) is 67.2 Å². The number of hydrogen-bond acceptors (Lipinski definition) is 5. The second-order valence-electron chi connectivity index (χ2n) is 4.69. The van der Waals surface area contributed by atoms with E-state index in [4.69, 9.17) is 0 Å². The lowest BCUT2D eigenvalue weighted by atomic mass is 10.2. The molecule has 0 saturated carbocycles. The first kappa shape index (κ1) is 15.2. The van der Waals surface area contributed by atoms with Crippen LogP contribution in [-0.2, 0) is 4.79 Å². The highest BCUT2D eigenvalue weighted by molar-refractivity contribution is 8.00. The van der Waals surface area contributed by atoms with Crippen LogP contribution in [0.15, 0.2) is 71.1 Å². The van der Waals surface area contributed by atoms with Crippen LogP contribution in [0.3, 0.4) is 0 Å². The first-order chi connectivity index (χ1) is 11.3. The van der Waals surface area contributed by atoms with E-state index in [9.17, 15) is 4.79 Å². The molecule has 1 heterocycles. The monoisotopic (exact) mass is 322 g/mol. The molecule has 0 aliphatic heterocycles. The van der Waals surface area contributed by atoms with Crippen molar-refractivity contribution in [2.24, 2.45) is 5.10 Å². The van der Waals surface area contributed by atoms with E-state index in [-0.39, 0.29) is 11.7 Å². The van der Waals surface area contributed by atoms with Crippen molar-refractivity contribution < 1.29 is 4.79 Å². The zero-order valence-electron chi connectivity index (χ0n) is 12.2. The first-order valence-corrected chi connectivity index (χ1v) is 8.01. The summed E-state index contributed by atoms with van der Waals surface area (Å²) in [5.41, 5.74) is 4.32. The average Bonchev–Trinajstić information content (AvgIpc) is 2.61. The van der Waals surface area contributed by atoms with Crippen molar-refractivity contribution in [3.8, 4) is 0 Å². The standard InChI is InChI=1S/C17H14N4OS/c22-16(21-20-10-13-6-2-1-3-7-13)11-23-17-14-8-4-5-9-15(14)18-12-19-17/h1-10,12H,11H2,(H,21,22). The summed E-state index contributed by atoms with van der Waals surface area (Å²) in [4.78, 5) is 20.3. The van der Waals surface area contributed by atoms with Crippen LogP contribution in [0.5, 0.6) is 0 Å². The Morgan fingerprint density at radius 2 is 1.87 bits per heavy atom. The minimum atomic E-state index is -0.176. The third-order valence-electron chi connectivity index (χ3n) is 3.05. The molecular weight excluding hydrogens is 308 g/mol. The van der Waals surface area contributed by atoms with Gasteiger partial charge in [-0.25, -0.2) is 15.4 Å². The lowest BCUT2D eigenvalue weighted by Crippen LogP contribution is -2.19. The van der Waals surface area contributed by atoms with Gasteiger partial charge >= 0.3 is 0 Å². The van der Waals surface area contributed by atoms with Crippen molar-refractivity contribution in [3.05, 3.63) is 66.5 Å². The van der Waals surface area contributed by atoms with Gasteiger partial charge in [0.25, 0.3) is 0 Å². The summed E-state index contributed by atoms with van der Waals surface area (Å²) in [6.45, 7) is 0. The molecule has 3 rings (SSSR count). The smallest absolute Gasteiger partial charge is 0.250 e. The molecule has 114 valence electrons. The zero-order chi connectivity index (χ0) is 15.9. The summed E-state index contributed by atoms with van der Waals surface area (Å²) in [5.74, 6) is 0.0671. The highest BCUT2D eigenvalue weighted by Gasteiger charge is 2.06. The van der Waals surface area contributed by atoms with Crippen LogP contribution in [-0.4, -0.2) is 27.8 Å². The molecule has 3 aromatic rings. The van der Waals surface area contributed by atoms with Crippen LogP contribution in [0, 0.1) is 0 Å². The number of carbonyl (C=O) groups excluding carboxylic acids is 1. The molecule has 0 fully saturated rings. The molecule has 1 N–H and O–H groups in total. The van der Waals surface area contributed by atoms with Gasteiger partial charge in [-0.3, -0.25) is 4.79 Å². The van der Waals surface area contributed by atoms with E-state index < -0.39 is 0 Å². The number of nitrogens with one attached hydrogen (secondary N) is 1. The largest absolute Gasteiger partial charge is 0.272 e. The lowest BCUT2D eigenvalue weighted by Gasteiger charge is -2.03. The van der Waals surface area contributed by atoms with Crippen LogP contribution in [0.4, 0.5) is 0 Å². The van der Waals surface area contributed by atoms with Crippen molar-refractivity contribution in [1.29, 1.82) is 0 Å². The minimum absolute atomic E-state index is 0.176. The summed E-state index contributed by atoms with van der Waals surface area (Å²) >= 11 is 1.37. The summed E-state index contributed by atoms with van der Waals surface area (Å²) in [7, 11) is 0. The summed E-state index contributed by atoms with van der Waals surface area (Å²) in [6, 6.07) is 17.3. The fraction of sp³-hybridized carbons (Fsp3) is 0.0588.